The predicted molar refractivity (Wildman–Crippen MR) is 73.5 cm³/mol. The zero-order valence-corrected chi connectivity index (χ0v) is 11.1. The molecule has 0 radical (unpaired) electrons. The second-order valence-corrected chi connectivity index (χ2v) is 6.20. The molecule has 7 nitrogen and oxygen atoms in total. The Bertz CT molecular complexity index is 832. The minimum absolute atomic E-state index is 0.00596. The molecule has 8 heteroatoms. The largest absolute Gasteiger partial charge is 0.377 e. The molecule has 1 unspecified atom stereocenters. The Balaban J connectivity index is 2.28. The molecule has 2 aromatic carbocycles. The molecule has 1 aliphatic rings. The first-order valence-corrected chi connectivity index (χ1v) is 7.39. The molecule has 1 aliphatic heterocycles. The quantitative estimate of drug-likeness (QED) is 0.638. The maximum absolute atomic E-state index is 11.3. The standard InChI is InChI=1S/C12H11N3O4S/c13-20(18,19)8-2-3-9-7(5-8)1-4-10-12(9)11(6-14-10)15(16)17/h1-5,11,14H,6H2,(H2,13,18,19). The summed E-state index contributed by atoms with van der Waals surface area (Å²) < 4.78 is 22.7. The van der Waals surface area contributed by atoms with Crippen molar-refractivity contribution >= 4 is 26.5 Å². The molecule has 0 saturated carbocycles. The molecule has 1 atom stereocenters. The molecular formula is C12H11N3O4S. The lowest BCUT2D eigenvalue weighted by Gasteiger charge is -2.08. The molecule has 3 N–H and O–H groups in total. The Morgan fingerprint density at radius 3 is 2.70 bits per heavy atom. The number of rotatable bonds is 2. The normalized spacial score (nSPS) is 17.8. The van der Waals surface area contributed by atoms with Crippen molar-refractivity contribution in [3.63, 3.8) is 0 Å². The van der Waals surface area contributed by atoms with E-state index in [-0.39, 0.29) is 16.4 Å². The highest BCUT2D eigenvalue weighted by atomic mass is 32.2. The fourth-order valence-corrected chi connectivity index (χ4v) is 3.06. The zero-order valence-electron chi connectivity index (χ0n) is 10.2. The van der Waals surface area contributed by atoms with Crippen molar-refractivity contribution < 1.29 is 13.3 Å². The van der Waals surface area contributed by atoms with E-state index in [1.54, 1.807) is 18.2 Å². The Hall–Kier alpha value is -2.19. The number of hydrogen-bond acceptors (Lipinski definition) is 5. The highest BCUT2D eigenvalue weighted by molar-refractivity contribution is 7.89. The van der Waals surface area contributed by atoms with Crippen molar-refractivity contribution in [3.8, 4) is 0 Å². The van der Waals surface area contributed by atoms with Gasteiger partial charge in [0.25, 0.3) is 6.04 Å². The van der Waals surface area contributed by atoms with Crippen molar-refractivity contribution in [3.05, 3.63) is 46.0 Å². The van der Waals surface area contributed by atoms with E-state index < -0.39 is 16.1 Å². The van der Waals surface area contributed by atoms with Gasteiger partial charge in [0.1, 0.15) is 0 Å². The van der Waals surface area contributed by atoms with E-state index in [4.69, 9.17) is 5.14 Å². The SMILES string of the molecule is NS(=O)(=O)c1ccc2c3c(ccc2c1)NCC3[N+](=O)[O-]. The van der Waals surface area contributed by atoms with Gasteiger partial charge < -0.3 is 5.32 Å². The third kappa shape index (κ3) is 1.89. The maximum atomic E-state index is 11.3. The number of nitrogens with two attached hydrogens (primary N) is 1. The lowest BCUT2D eigenvalue weighted by molar-refractivity contribution is -0.523. The van der Waals surface area contributed by atoms with Gasteiger partial charge in [0, 0.05) is 10.6 Å². The summed E-state index contributed by atoms with van der Waals surface area (Å²) in [7, 11) is -3.79. The van der Waals surface area contributed by atoms with Gasteiger partial charge in [-0.15, -0.1) is 0 Å². The van der Waals surface area contributed by atoms with E-state index in [9.17, 15) is 18.5 Å². The van der Waals surface area contributed by atoms with Gasteiger partial charge in [-0.2, -0.15) is 0 Å². The number of hydrogen-bond donors (Lipinski definition) is 2. The van der Waals surface area contributed by atoms with Crippen LogP contribution in [0.2, 0.25) is 0 Å². The Labute approximate surface area is 114 Å². The van der Waals surface area contributed by atoms with Crippen LogP contribution in [0.5, 0.6) is 0 Å². The van der Waals surface area contributed by atoms with E-state index in [2.05, 4.69) is 5.32 Å². The average molecular weight is 293 g/mol. The molecule has 20 heavy (non-hydrogen) atoms. The van der Waals surface area contributed by atoms with Crippen molar-refractivity contribution in [1.29, 1.82) is 0 Å². The molecule has 0 bridgehead atoms. The predicted octanol–water partition coefficient (Wildman–Crippen LogP) is 1.23. The van der Waals surface area contributed by atoms with Crippen LogP contribution in [0.4, 0.5) is 5.69 Å². The molecule has 104 valence electrons. The van der Waals surface area contributed by atoms with E-state index in [0.717, 1.165) is 0 Å². The van der Waals surface area contributed by atoms with Gasteiger partial charge in [0.15, 0.2) is 0 Å². The van der Waals surface area contributed by atoms with Crippen molar-refractivity contribution in [2.75, 3.05) is 11.9 Å². The number of benzene rings is 2. The topological polar surface area (TPSA) is 115 Å². The van der Waals surface area contributed by atoms with Crippen LogP contribution in [0.15, 0.2) is 35.2 Å². The number of anilines is 1. The summed E-state index contributed by atoms with van der Waals surface area (Å²) in [5.74, 6) is 0. The Kier molecular flexibility index (Phi) is 2.66. The number of nitrogens with zero attached hydrogens (tertiary/aromatic N) is 1. The van der Waals surface area contributed by atoms with Crippen LogP contribution >= 0.6 is 0 Å². The molecular weight excluding hydrogens is 282 g/mol. The monoisotopic (exact) mass is 293 g/mol. The number of primary sulfonamides is 1. The van der Waals surface area contributed by atoms with E-state index in [1.165, 1.54) is 12.1 Å². The second-order valence-electron chi connectivity index (χ2n) is 4.64. The van der Waals surface area contributed by atoms with Crippen LogP contribution in [-0.2, 0) is 10.0 Å². The molecule has 2 aromatic rings. The third-order valence-electron chi connectivity index (χ3n) is 3.44. The lowest BCUT2D eigenvalue weighted by Crippen LogP contribution is -2.13. The smallest absolute Gasteiger partial charge is 0.257 e. The van der Waals surface area contributed by atoms with Crippen LogP contribution in [0, 0.1) is 10.1 Å². The zero-order chi connectivity index (χ0) is 14.5. The summed E-state index contributed by atoms with van der Waals surface area (Å²) >= 11 is 0. The number of fused-ring (bicyclic) bond motifs is 3. The van der Waals surface area contributed by atoms with Gasteiger partial charge in [0.05, 0.1) is 17.0 Å². The molecule has 0 aliphatic carbocycles. The maximum Gasteiger partial charge on any atom is 0.257 e. The number of sulfonamides is 1. The lowest BCUT2D eigenvalue weighted by atomic mass is 10.00. The van der Waals surface area contributed by atoms with Gasteiger partial charge in [-0.3, -0.25) is 10.1 Å². The highest BCUT2D eigenvalue weighted by Crippen LogP contribution is 2.38. The molecule has 0 saturated heterocycles. The Morgan fingerprint density at radius 1 is 1.30 bits per heavy atom. The summed E-state index contributed by atoms with van der Waals surface area (Å²) in [4.78, 5) is 10.7. The molecule has 0 spiro atoms. The fourth-order valence-electron chi connectivity index (χ4n) is 2.51. The van der Waals surface area contributed by atoms with Gasteiger partial charge in [0.2, 0.25) is 10.0 Å². The van der Waals surface area contributed by atoms with Gasteiger partial charge in [-0.1, -0.05) is 12.1 Å². The van der Waals surface area contributed by atoms with E-state index >= 15 is 0 Å². The van der Waals surface area contributed by atoms with Crippen LogP contribution in [0.25, 0.3) is 10.8 Å². The minimum Gasteiger partial charge on any atom is -0.377 e. The first-order valence-electron chi connectivity index (χ1n) is 5.85. The first kappa shape index (κ1) is 12.8. The summed E-state index contributed by atoms with van der Waals surface area (Å²) in [6, 6.07) is 6.98. The molecule has 3 rings (SSSR count). The molecule has 0 amide bonds. The highest BCUT2D eigenvalue weighted by Gasteiger charge is 2.33. The Morgan fingerprint density at radius 2 is 2.05 bits per heavy atom. The van der Waals surface area contributed by atoms with Crippen molar-refractivity contribution in [1.82, 2.24) is 0 Å². The van der Waals surface area contributed by atoms with Crippen molar-refractivity contribution in [2.45, 2.75) is 10.9 Å². The summed E-state index contributed by atoms with van der Waals surface area (Å²) in [5, 5.41) is 20.4. The van der Waals surface area contributed by atoms with Crippen LogP contribution in [0.1, 0.15) is 11.6 Å². The van der Waals surface area contributed by atoms with Crippen molar-refractivity contribution in [2.24, 2.45) is 5.14 Å². The molecule has 0 fully saturated rings. The average Bonchev–Trinajstić information content (AvgIpc) is 2.81. The first-order chi connectivity index (χ1) is 9.38. The van der Waals surface area contributed by atoms with Gasteiger partial charge >= 0.3 is 0 Å². The summed E-state index contributed by atoms with van der Waals surface area (Å²) in [6.07, 6.45) is 0. The summed E-state index contributed by atoms with van der Waals surface area (Å²) in [6.45, 7) is 0.235. The van der Waals surface area contributed by atoms with Crippen LogP contribution in [0.3, 0.4) is 0 Å². The number of nitro groups is 1. The van der Waals surface area contributed by atoms with Crippen LogP contribution < -0.4 is 10.5 Å². The minimum atomic E-state index is -3.79. The molecule has 1 heterocycles. The van der Waals surface area contributed by atoms with E-state index in [0.29, 0.717) is 22.0 Å². The number of nitrogens with one attached hydrogen (secondary N) is 1. The summed E-state index contributed by atoms with van der Waals surface area (Å²) in [5.41, 5.74) is 1.30. The van der Waals surface area contributed by atoms with Gasteiger partial charge in [-0.25, -0.2) is 13.6 Å². The van der Waals surface area contributed by atoms with E-state index in [1.807, 2.05) is 0 Å². The van der Waals surface area contributed by atoms with Gasteiger partial charge in [-0.05, 0) is 29.0 Å². The molecule has 0 aromatic heterocycles. The third-order valence-corrected chi connectivity index (χ3v) is 4.35. The second kappa shape index (κ2) is 4.15. The van der Waals surface area contributed by atoms with Crippen LogP contribution in [-0.4, -0.2) is 19.9 Å². The fraction of sp³-hybridized carbons (Fsp3) is 0.167.